The Hall–Kier alpha value is -7.22. The zero-order valence-electron chi connectivity index (χ0n) is 30.8. The van der Waals surface area contributed by atoms with Gasteiger partial charge in [0, 0.05) is 17.1 Å². The molecule has 0 saturated heterocycles. The number of nitrogens with zero attached hydrogens (tertiary/aromatic N) is 1. The van der Waals surface area contributed by atoms with Gasteiger partial charge < -0.3 is 4.90 Å². The van der Waals surface area contributed by atoms with E-state index in [1.165, 1.54) is 77.9 Å². The Kier molecular flexibility index (Phi) is 7.47. The van der Waals surface area contributed by atoms with Gasteiger partial charge in [-0.1, -0.05) is 182 Å². The van der Waals surface area contributed by atoms with Crippen LogP contribution in [0.5, 0.6) is 0 Å². The zero-order valence-corrected chi connectivity index (χ0v) is 30.8. The molecule has 0 aromatic heterocycles. The van der Waals surface area contributed by atoms with Crippen LogP contribution in [-0.4, -0.2) is 0 Å². The minimum atomic E-state index is -0.375. The number of fused-ring (bicyclic) bond motifs is 10. The van der Waals surface area contributed by atoms with Gasteiger partial charge in [0.2, 0.25) is 0 Å². The molecule has 11 rings (SSSR count). The maximum atomic E-state index is 2.47. The number of rotatable bonds is 6. The molecule has 56 heavy (non-hydrogen) atoms. The Morgan fingerprint density at radius 1 is 0.232 bits per heavy atom. The number of benzene rings is 9. The quantitative estimate of drug-likeness (QED) is 0.166. The van der Waals surface area contributed by atoms with E-state index in [1.54, 1.807) is 0 Å². The van der Waals surface area contributed by atoms with Crippen LogP contribution in [0.2, 0.25) is 0 Å². The van der Waals surface area contributed by atoms with Crippen LogP contribution in [0, 0.1) is 0 Å². The second kappa shape index (κ2) is 13.0. The summed E-state index contributed by atoms with van der Waals surface area (Å²) in [7, 11) is 0. The number of hydrogen-bond donors (Lipinski definition) is 0. The van der Waals surface area contributed by atoms with Crippen LogP contribution in [0.1, 0.15) is 22.3 Å². The van der Waals surface area contributed by atoms with E-state index in [9.17, 15) is 0 Å². The molecule has 0 radical (unpaired) electrons. The fourth-order valence-corrected chi connectivity index (χ4v) is 9.41. The first-order chi connectivity index (χ1) is 27.8. The van der Waals surface area contributed by atoms with Crippen molar-refractivity contribution in [2.75, 3.05) is 4.90 Å². The first-order valence-corrected chi connectivity index (χ1v) is 19.4. The summed E-state index contributed by atoms with van der Waals surface area (Å²) in [6.07, 6.45) is 0. The molecule has 0 fully saturated rings. The molecule has 0 atom stereocenters. The molecule has 1 nitrogen and oxygen atoms in total. The minimum absolute atomic E-state index is 0.375. The van der Waals surface area contributed by atoms with Gasteiger partial charge in [-0.2, -0.15) is 0 Å². The van der Waals surface area contributed by atoms with E-state index in [-0.39, 0.29) is 5.41 Å². The van der Waals surface area contributed by atoms with E-state index in [0.29, 0.717) is 0 Å². The summed E-state index contributed by atoms with van der Waals surface area (Å²) in [5.74, 6) is 0. The molecule has 262 valence electrons. The SMILES string of the molecule is c1ccc(-c2ccc(N(c3ccc(-c4ccccc4)cc3)c3cccc(-c4ccc5c(c4)C4(c6ccccc6-c6ccccc64)c4ccccc4-5)c3)cc2)cc1. The van der Waals surface area contributed by atoms with E-state index < -0.39 is 0 Å². The van der Waals surface area contributed by atoms with Crippen molar-refractivity contribution in [3.05, 3.63) is 247 Å². The average molecular weight is 712 g/mol. The molecule has 2 aliphatic rings. The molecule has 9 aromatic rings. The summed E-state index contributed by atoms with van der Waals surface area (Å²) in [6, 6.07) is 82.3. The molecule has 0 unspecified atom stereocenters. The molecule has 0 bridgehead atoms. The molecule has 0 heterocycles. The van der Waals surface area contributed by atoms with Gasteiger partial charge in [-0.3, -0.25) is 0 Å². The monoisotopic (exact) mass is 711 g/mol. The van der Waals surface area contributed by atoms with Crippen LogP contribution < -0.4 is 4.90 Å². The van der Waals surface area contributed by atoms with Gasteiger partial charge in [-0.25, -0.2) is 0 Å². The zero-order chi connectivity index (χ0) is 37.1. The van der Waals surface area contributed by atoms with Crippen molar-refractivity contribution in [2.45, 2.75) is 5.41 Å². The Balaban J connectivity index is 1.05. The smallest absolute Gasteiger partial charge is 0.0725 e. The summed E-state index contributed by atoms with van der Waals surface area (Å²) in [4.78, 5) is 2.38. The number of anilines is 3. The lowest BCUT2D eigenvalue weighted by Crippen LogP contribution is -2.25. The van der Waals surface area contributed by atoms with Crippen molar-refractivity contribution in [1.29, 1.82) is 0 Å². The molecule has 2 aliphatic carbocycles. The minimum Gasteiger partial charge on any atom is -0.310 e. The summed E-state index contributed by atoms with van der Waals surface area (Å²) in [5, 5.41) is 0. The van der Waals surface area contributed by atoms with Crippen molar-refractivity contribution in [1.82, 2.24) is 0 Å². The Morgan fingerprint density at radius 3 is 1.11 bits per heavy atom. The average Bonchev–Trinajstić information content (AvgIpc) is 3.75. The topological polar surface area (TPSA) is 3.24 Å². The van der Waals surface area contributed by atoms with Crippen molar-refractivity contribution >= 4 is 17.1 Å². The van der Waals surface area contributed by atoms with Crippen LogP contribution in [0.3, 0.4) is 0 Å². The van der Waals surface area contributed by atoms with E-state index in [2.05, 4.69) is 229 Å². The van der Waals surface area contributed by atoms with Gasteiger partial charge in [0.1, 0.15) is 0 Å². The third kappa shape index (κ3) is 4.95. The van der Waals surface area contributed by atoms with Crippen molar-refractivity contribution in [2.24, 2.45) is 0 Å². The van der Waals surface area contributed by atoms with E-state index in [0.717, 1.165) is 17.1 Å². The summed E-state index contributed by atoms with van der Waals surface area (Å²) >= 11 is 0. The Morgan fingerprint density at radius 2 is 0.607 bits per heavy atom. The van der Waals surface area contributed by atoms with Crippen LogP contribution >= 0.6 is 0 Å². The molecule has 0 aliphatic heterocycles. The maximum absolute atomic E-state index is 2.47. The normalized spacial score (nSPS) is 12.8. The molecule has 0 saturated carbocycles. The van der Waals surface area contributed by atoms with Gasteiger partial charge in [0.05, 0.1) is 5.41 Å². The maximum Gasteiger partial charge on any atom is 0.0725 e. The van der Waals surface area contributed by atoms with Gasteiger partial charge >= 0.3 is 0 Å². The van der Waals surface area contributed by atoms with E-state index in [1.807, 2.05) is 0 Å². The van der Waals surface area contributed by atoms with Crippen molar-refractivity contribution in [3.8, 4) is 55.6 Å². The van der Waals surface area contributed by atoms with Gasteiger partial charge in [-0.05, 0) is 120 Å². The molecule has 0 N–H and O–H groups in total. The van der Waals surface area contributed by atoms with Crippen LogP contribution in [0.25, 0.3) is 55.6 Å². The molecule has 0 amide bonds. The Bertz CT molecular complexity index is 2740. The molecule has 1 spiro atoms. The van der Waals surface area contributed by atoms with Gasteiger partial charge in [0.15, 0.2) is 0 Å². The summed E-state index contributed by atoms with van der Waals surface area (Å²) < 4.78 is 0. The second-order valence-electron chi connectivity index (χ2n) is 14.9. The highest BCUT2D eigenvalue weighted by Gasteiger charge is 2.51. The fourth-order valence-electron chi connectivity index (χ4n) is 9.41. The lowest BCUT2D eigenvalue weighted by Gasteiger charge is -2.30. The Labute approximate surface area is 328 Å². The fraction of sp³-hybridized carbons (Fsp3) is 0.0182. The van der Waals surface area contributed by atoms with E-state index in [4.69, 9.17) is 0 Å². The highest BCUT2D eigenvalue weighted by molar-refractivity contribution is 5.96. The third-order valence-electron chi connectivity index (χ3n) is 11.9. The predicted octanol–water partition coefficient (Wildman–Crippen LogP) is 14.5. The first-order valence-electron chi connectivity index (χ1n) is 19.4. The molecule has 9 aromatic carbocycles. The lowest BCUT2D eigenvalue weighted by atomic mass is 9.70. The van der Waals surface area contributed by atoms with Gasteiger partial charge in [-0.15, -0.1) is 0 Å². The summed E-state index contributed by atoms with van der Waals surface area (Å²) in [5.41, 5.74) is 20.9. The van der Waals surface area contributed by atoms with Crippen LogP contribution in [-0.2, 0) is 5.41 Å². The van der Waals surface area contributed by atoms with Crippen molar-refractivity contribution in [3.63, 3.8) is 0 Å². The van der Waals surface area contributed by atoms with Crippen molar-refractivity contribution < 1.29 is 0 Å². The first kappa shape index (κ1) is 32.2. The molecular formula is C55H37N. The summed E-state index contributed by atoms with van der Waals surface area (Å²) in [6.45, 7) is 0. The second-order valence-corrected chi connectivity index (χ2v) is 14.9. The van der Waals surface area contributed by atoms with E-state index >= 15 is 0 Å². The largest absolute Gasteiger partial charge is 0.310 e. The highest BCUT2D eigenvalue weighted by Crippen LogP contribution is 2.63. The predicted molar refractivity (Wildman–Crippen MR) is 234 cm³/mol. The van der Waals surface area contributed by atoms with Gasteiger partial charge in [0.25, 0.3) is 0 Å². The lowest BCUT2D eigenvalue weighted by molar-refractivity contribution is 0.794. The third-order valence-corrected chi connectivity index (χ3v) is 11.9. The van der Waals surface area contributed by atoms with Crippen LogP contribution in [0.15, 0.2) is 224 Å². The number of hydrogen-bond acceptors (Lipinski definition) is 1. The standard InChI is InChI=1S/C55H37N/c1-3-14-38(15-4-1)40-26-31-44(32-27-40)56(45-33-28-41(29-34-45)39-16-5-2-6-17-39)46-19-13-18-42(36-46)43-30-35-50-49-22-9-12-25-53(49)55(54(50)37-43)51-23-10-7-20-47(51)48-21-8-11-24-52(48)55/h1-37H. The molecular weight excluding hydrogens is 675 g/mol. The molecule has 1 heteroatoms. The van der Waals surface area contributed by atoms with Crippen LogP contribution in [0.4, 0.5) is 17.1 Å². The highest BCUT2D eigenvalue weighted by atomic mass is 15.1.